The second kappa shape index (κ2) is 13.2. The van der Waals surface area contributed by atoms with Gasteiger partial charge in [0.15, 0.2) is 21.5 Å². The Labute approximate surface area is 209 Å². The molecular formula is C25H30F2N2O6S. The maximum Gasteiger partial charge on any atom is 0.339 e. The van der Waals surface area contributed by atoms with Crippen molar-refractivity contribution < 1.29 is 36.3 Å². The molecule has 0 aliphatic heterocycles. The molecule has 0 fully saturated rings. The number of nitrogens with two attached hydrogens (primary N) is 2. The number of carbonyl (C=O) groups is 2. The Bertz CT molecular complexity index is 1210. The molecule has 2 aromatic carbocycles. The van der Waals surface area contributed by atoms with Gasteiger partial charge in [0, 0.05) is 11.8 Å². The van der Waals surface area contributed by atoms with E-state index < -0.39 is 46.1 Å². The third-order valence-corrected chi connectivity index (χ3v) is 6.38. The first-order chi connectivity index (χ1) is 17.0. The molecule has 0 unspecified atom stereocenters. The number of unbranched alkanes of at least 4 members (excludes halogenated alkanes) is 1. The van der Waals surface area contributed by atoms with E-state index in [1.165, 1.54) is 30.3 Å². The number of sulfone groups is 1. The van der Waals surface area contributed by atoms with E-state index in [4.69, 9.17) is 20.9 Å². The van der Waals surface area contributed by atoms with Crippen molar-refractivity contribution in [1.29, 1.82) is 0 Å². The quantitative estimate of drug-likeness (QED) is 0.187. The summed E-state index contributed by atoms with van der Waals surface area (Å²) in [6, 6.07) is 7.41. The molecule has 1 atom stereocenters. The molecule has 196 valence electrons. The van der Waals surface area contributed by atoms with E-state index in [1.54, 1.807) is 6.92 Å². The van der Waals surface area contributed by atoms with E-state index >= 15 is 0 Å². The lowest BCUT2D eigenvalue weighted by Gasteiger charge is -2.18. The second-order valence-corrected chi connectivity index (χ2v) is 10.0. The zero-order valence-electron chi connectivity index (χ0n) is 20.1. The van der Waals surface area contributed by atoms with Gasteiger partial charge in [-0.2, -0.15) is 0 Å². The van der Waals surface area contributed by atoms with Crippen LogP contribution in [0, 0.1) is 11.6 Å². The molecule has 0 aromatic heterocycles. The highest BCUT2D eigenvalue weighted by atomic mass is 32.2. The van der Waals surface area contributed by atoms with Gasteiger partial charge in [-0.05, 0) is 61.7 Å². The molecule has 0 aliphatic rings. The predicted octanol–water partition coefficient (Wildman–Crippen LogP) is 2.84. The van der Waals surface area contributed by atoms with Gasteiger partial charge in [0.2, 0.25) is 0 Å². The lowest BCUT2D eigenvalue weighted by atomic mass is 9.94. The summed E-state index contributed by atoms with van der Waals surface area (Å²) in [5.74, 6) is -3.91. The molecule has 0 aliphatic carbocycles. The molecule has 0 heterocycles. The van der Waals surface area contributed by atoms with Gasteiger partial charge in [-0.3, -0.25) is 4.79 Å². The van der Waals surface area contributed by atoms with Gasteiger partial charge >= 0.3 is 11.9 Å². The minimum atomic E-state index is -3.51. The molecule has 0 saturated heterocycles. The van der Waals surface area contributed by atoms with Crippen molar-refractivity contribution in [3.8, 4) is 0 Å². The number of benzene rings is 2. The average Bonchev–Trinajstić information content (AvgIpc) is 2.83. The first-order valence-corrected chi connectivity index (χ1v) is 13.2. The first-order valence-electron chi connectivity index (χ1n) is 11.3. The number of halogens is 2. The number of ether oxygens (including phenoxy) is 2. The standard InChI is InChI=1S/C25H30F2N2O6S/c1-3-34-25(31)23(17-9-12-20(26)21(27)14-17)19(15-35-24(30)22(29)6-4-5-13-28)16-7-10-18(11-8-16)36(2,32)33/h7-12,14,22H,3-6,13,15,28-29H2,1-2H3/t22-/m0/s1. The average molecular weight is 525 g/mol. The maximum absolute atomic E-state index is 14.1. The van der Waals surface area contributed by atoms with Crippen LogP contribution in [0.3, 0.4) is 0 Å². The summed E-state index contributed by atoms with van der Waals surface area (Å²) in [6.07, 6.45) is 2.68. The van der Waals surface area contributed by atoms with Crippen LogP contribution >= 0.6 is 0 Å². The number of esters is 2. The lowest BCUT2D eigenvalue weighted by molar-refractivity contribution is -0.144. The highest BCUT2D eigenvalue weighted by Crippen LogP contribution is 2.30. The fourth-order valence-corrected chi connectivity index (χ4v) is 3.98. The van der Waals surface area contributed by atoms with E-state index in [0.29, 0.717) is 31.4 Å². The minimum Gasteiger partial charge on any atom is -0.462 e. The maximum atomic E-state index is 14.1. The van der Waals surface area contributed by atoms with Crippen LogP contribution in [0.2, 0.25) is 0 Å². The summed E-state index contributed by atoms with van der Waals surface area (Å²) in [5.41, 5.74) is 11.6. The predicted molar refractivity (Wildman–Crippen MR) is 131 cm³/mol. The summed E-state index contributed by atoms with van der Waals surface area (Å²) < 4.78 is 62.0. The number of rotatable bonds is 12. The Morgan fingerprint density at radius 2 is 1.61 bits per heavy atom. The van der Waals surface area contributed by atoms with Gasteiger partial charge in [-0.15, -0.1) is 0 Å². The van der Waals surface area contributed by atoms with Crippen LogP contribution in [0.25, 0.3) is 11.1 Å². The SMILES string of the molecule is CCOC(=O)C(=C(COC(=O)[C@@H](N)CCCCN)c1ccc(S(C)(=O)=O)cc1)c1ccc(F)c(F)c1. The number of carbonyl (C=O) groups excluding carboxylic acids is 2. The summed E-state index contributed by atoms with van der Waals surface area (Å²) in [6.45, 7) is 1.55. The molecule has 4 N–H and O–H groups in total. The molecule has 0 radical (unpaired) electrons. The summed E-state index contributed by atoms with van der Waals surface area (Å²) in [4.78, 5) is 25.5. The monoisotopic (exact) mass is 524 g/mol. The third kappa shape index (κ3) is 7.94. The van der Waals surface area contributed by atoms with Crippen molar-refractivity contribution >= 4 is 32.9 Å². The van der Waals surface area contributed by atoms with E-state index in [9.17, 15) is 26.8 Å². The molecular weight excluding hydrogens is 494 g/mol. The summed E-state index contributed by atoms with van der Waals surface area (Å²) in [5, 5.41) is 0. The Hall–Kier alpha value is -3.15. The Morgan fingerprint density at radius 3 is 2.17 bits per heavy atom. The highest BCUT2D eigenvalue weighted by Gasteiger charge is 2.24. The van der Waals surface area contributed by atoms with Crippen LogP contribution in [0.15, 0.2) is 47.4 Å². The van der Waals surface area contributed by atoms with Gasteiger partial charge in [-0.1, -0.05) is 24.6 Å². The fourth-order valence-electron chi connectivity index (χ4n) is 3.35. The van der Waals surface area contributed by atoms with Gasteiger partial charge in [0.1, 0.15) is 12.6 Å². The van der Waals surface area contributed by atoms with Gasteiger partial charge in [0.05, 0.1) is 17.1 Å². The normalized spacial score (nSPS) is 13.1. The Balaban J connectivity index is 2.60. The molecule has 2 rings (SSSR count). The largest absolute Gasteiger partial charge is 0.462 e. The minimum absolute atomic E-state index is 0.0158. The van der Waals surface area contributed by atoms with E-state index in [0.717, 1.165) is 18.4 Å². The van der Waals surface area contributed by atoms with E-state index in [-0.39, 0.29) is 28.2 Å². The van der Waals surface area contributed by atoms with Crippen LogP contribution in [0.1, 0.15) is 37.3 Å². The Morgan fingerprint density at radius 1 is 0.972 bits per heavy atom. The van der Waals surface area contributed by atoms with E-state index in [1.807, 2.05) is 0 Å². The van der Waals surface area contributed by atoms with E-state index in [2.05, 4.69) is 0 Å². The van der Waals surface area contributed by atoms with Crippen molar-refractivity contribution in [1.82, 2.24) is 0 Å². The van der Waals surface area contributed by atoms with Crippen LogP contribution in [0.4, 0.5) is 8.78 Å². The van der Waals surface area contributed by atoms with Crippen LogP contribution in [-0.4, -0.2) is 52.4 Å². The topological polar surface area (TPSA) is 139 Å². The van der Waals surface area contributed by atoms with Crippen molar-refractivity contribution in [3.05, 3.63) is 65.2 Å². The molecule has 8 nitrogen and oxygen atoms in total. The van der Waals surface area contributed by atoms with Crippen molar-refractivity contribution in [2.75, 3.05) is 26.0 Å². The lowest BCUT2D eigenvalue weighted by Crippen LogP contribution is -2.32. The first kappa shape index (κ1) is 29.1. The fraction of sp³-hybridized carbons (Fsp3) is 0.360. The van der Waals surface area contributed by atoms with Crippen LogP contribution < -0.4 is 11.5 Å². The van der Waals surface area contributed by atoms with Crippen molar-refractivity contribution in [2.45, 2.75) is 37.1 Å². The van der Waals surface area contributed by atoms with Gasteiger partial charge < -0.3 is 20.9 Å². The molecule has 0 amide bonds. The van der Waals surface area contributed by atoms with Crippen LogP contribution in [0.5, 0.6) is 0 Å². The second-order valence-electron chi connectivity index (χ2n) is 8.00. The summed E-state index contributed by atoms with van der Waals surface area (Å²) in [7, 11) is -3.51. The smallest absolute Gasteiger partial charge is 0.339 e. The molecule has 0 saturated carbocycles. The third-order valence-electron chi connectivity index (χ3n) is 5.25. The van der Waals surface area contributed by atoms with Crippen LogP contribution in [-0.2, 0) is 28.9 Å². The zero-order chi connectivity index (χ0) is 26.9. The van der Waals surface area contributed by atoms with Crippen molar-refractivity contribution in [3.63, 3.8) is 0 Å². The van der Waals surface area contributed by atoms with Gasteiger partial charge in [-0.25, -0.2) is 22.0 Å². The summed E-state index contributed by atoms with van der Waals surface area (Å²) >= 11 is 0. The number of hydrogen-bond acceptors (Lipinski definition) is 8. The highest BCUT2D eigenvalue weighted by molar-refractivity contribution is 7.90. The Kier molecular flexibility index (Phi) is 10.7. The zero-order valence-corrected chi connectivity index (χ0v) is 20.9. The number of hydrogen-bond donors (Lipinski definition) is 2. The molecule has 2 aromatic rings. The molecule has 0 bridgehead atoms. The molecule has 11 heteroatoms. The van der Waals surface area contributed by atoms with Crippen molar-refractivity contribution in [2.24, 2.45) is 11.5 Å². The van der Waals surface area contributed by atoms with Gasteiger partial charge in [0.25, 0.3) is 0 Å². The molecule has 36 heavy (non-hydrogen) atoms. The molecule has 0 spiro atoms.